The van der Waals surface area contributed by atoms with Gasteiger partial charge in [-0.25, -0.2) is 4.68 Å². The van der Waals surface area contributed by atoms with Crippen LogP contribution >= 0.6 is 0 Å². The van der Waals surface area contributed by atoms with Gasteiger partial charge >= 0.3 is 0 Å². The minimum atomic E-state index is -0.0382. The number of hydrogen-bond donors (Lipinski definition) is 2. The predicted molar refractivity (Wildman–Crippen MR) is 82.8 cm³/mol. The predicted octanol–water partition coefficient (Wildman–Crippen LogP) is 2.53. The fraction of sp³-hybridized carbons (Fsp3) is 0.375. The lowest BCUT2D eigenvalue weighted by atomic mass is 10.1. The molecular weight excluding hydrogens is 266 g/mol. The number of nitrogens with one attached hydrogen (secondary N) is 1. The lowest BCUT2D eigenvalue weighted by molar-refractivity contribution is -0.116. The quantitative estimate of drug-likeness (QED) is 0.858. The van der Waals surface area contributed by atoms with E-state index >= 15 is 0 Å². The minimum absolute atomic E-state index is 0.0248. The standard InChI is InChI=1S/C16H21N3O2/c1-12(2)10-16(21)17-15-11-14(18-19(15)8-9-20)13-6-4-3-5-7-13/h3-7,11-12,20H,8-10H2,1-2H3,(H,17,21). The Labute approximate surface area is 124 Å². The van der Waals surface area contributed by atoms with E-state index in [2.05, 4.69) is 10.4 Å². The second kappa shape index (κ2) is 7.04. The van der Waals surface area contributed by atoms with Crippen molar-refractivity contribution in [1.82, 2.24) is 9.78 Å². The summed E-state index contributed by atoms with van der Waals surface area (Å²) in [6.45, 7) is 4.33. The molecule has 2 aromatic rings. The van der Waals surface area contributed by atoms with Gasteiger partial charge < -0.3 is 10.4 Å². The summed E-state index contributed by atoms with van der Waals surface area (Å²) in [6.07, 6.45) is 0.463. The maximum atomic E-state index is 11.9. The molecule has 1 amide bonds. The molecule has 0 aliphatic carbocycles. The van der Waals surface area contributed by atoms with Gasteiger partial charge in [-0.15, -0.1) is 0 Å². The Bertz CT molecular complexity index is 591. The van der Waals surface area contributed by atoms with Gasteiger partial charge in [0.15, 0.2) is 0 Å². The van der Waals surface area contributed by atoms with E-state index < -0.39 is 0 Å². The summed E-state index contributed by atoms with van der Waals surface area (Å²) in [5, 5.41) is 16.4. The number of aliphatic hydroxyl groups is 1. The Morgan fingerprint density at radius 1 is 1.33 bits per heavy atom. The molecule has 0 fully saturated rings. The van der Waals surface area contributed by atoms with E-state index in [9.17, 15) is 4.79 Å². The largest absolute Gasteiger partial charge is 0.394 e. The van der Waals surface area contributed by atoms with Gasteiger partial charge in [0.2, 0.25) is 5.91 Å². The number of nitrogens with zero attached hydrogens (tertiary/aromatic N) is 2. The third-order valence-electron chi connectivity index (χ3n) is 3.02. The number of hydrogen-bond acceptors (Lipinski definition) is 3. The fourth-order valence-electron chi connectivity index (χ4n) is 2.10. The van der Waals surface area contributed by atoms with Crippen molar-refractivity contribution in [1.29, 1.82) is 0 Å². The summed E-state index contributed by atoms with van der Waals surface area (Å²) >= 11 is 0. The van der Waals surface area contributed by atoms with Crippen molar-refractivity contribution in [2.24, 2.45) is 5.92 Å². The zero-order chi connectivity index (χ0) is 15.2. The van der Waals surface area contributed by atoms with Crippen molar-refractivity contribution in [3.05, 3.63) is 36.4 Å². The normalized spacial score (nSPS) is 10.9. The Hall–Kier alpha value is -2.14. The molecule has 1 aromatic heterocycles. The minimum Gasteiger partial charge on any atom is -0.394 e. The molecule has 0 aliphatic rings. The second-order valence-corrected chi connectivity index (χ2v) is 5.37. The first-order chi connectivity index (χ1) is 10.1. The first kappa shape index (κ1) is 15.3. The van der Waals surface area contributed by atoms with Crippen LogP contribution in [0.2, 0.25) is 0 Å². The molecule has 0 aliphatic heterocycles. The van der Waals surface area contributed by atoms with Gasteiger partial charge in [-0.05, 0) is 5.92 Å². The Balaban J connectivity index is 2.23. The highest BCUT2D eigenvalue weighted by Crippen LogP contribution is 2.22. The van der Waals surface area contributed by atoms with Gasteiger partial charge in [0.05, 0.1) is 18.8 Å². The number of aromatic nitrogens is 2. The molecule has 0 unspecified atom stereocenters. The molecule has 0 bridgehead atoms. The molecule has 0 spiro atoms. The highest BCUT2D eigenvalue weighted by Gasteiger charge is 2.12. The molecule has 0 saturated carbocycles. The van der Waals surface area contributed by atoms with E-state index in [4.69, 9.17) is 5.11 Å². The molecule has 0 atom stereocenters. The molecule has 0 saturated heterocycles. The average molecular weight is 287 g/mol. The summed E-state index contributed by atoms with van der Waals surface area (Å²) in [5.41, 5.74) is 1.76. The Morgan fingerprint density at radius 2 is 2.05 bits per heavy atom. The number of carbonyl (C=O) groups is 1. The molecule has 2 N–H and O–H groups in total. The Kier molecular flexibility index (Phi) is 5.11. The number of aliphatic hydroxyl groups excluding tert-OH is 1. The lowest BCUT2D eigenvalue weighted by Gasteiger charge is -2.08. The van der Waals surface area contributed by atoms with E-state index in [1.807, 2.05) is 50.2 Å². The van der Waals surface area contributed by atoms with Gasteiger partial charge in [0, 0.05) is 18.1 Å². The number of rotatable bonds is 6. The van der Waals surface area contributed by atoms with Gasteiger partial charge in [-0.3, -0.25) is 4.79 Å². The molecule has 1 aromatic carbocycles. The van der Waals surface area contributed by atoms with Crippen molar-refractivity contribution in [3.8, 4) is 11.3 Å². The maximum Gasteiger partial charge on any atom is 0.225 e. The van der Waals surface area contributed by atoms with Crippen LogP contribution in [-0.4, -0.2) is 27.4 Å². The van der Waals surface area contributed by atoms with Crippen LogP contribution in [0.25, 0.3) is 11.3 Å². The van der Waals surface area contributed by atoms with E-state index in [1.165, 1.54) is 0 Å². The number of carbonyl (C=O) groups excluding carboxylic acids is 1. The van der Waals surface area contributed by atoms with Crippen LogP contribution in [-0.2, 0) is 11.3 Å². The topological polar surface area (TPSA) is 67.2 Å². The van der Waals surface area contributed by atoms with Crippen LogP contribution in [0.15, 0.2) is 36.4 Å². The van der Waals surface area contributed by atoms with Crippen LogP contribution in [0, 0.1) is 5.92 Å². The van der Waals surface area contributed by atoms with Crippen LogP contribution in [0.1, 0.15) is 20.3 Å². The first-order valence-corrected chi connectivity index (χ1v) is 7.14. The maximum absolute atomic E-state index is 11.9. The monoisotopic (exact) mass is 287 g/mol. The first-order valence-electron chi connectivity index (χ1n) is 7.14. The average Bonchev–Trinajstić information content (AvgIpc) is 2.82. The Morgan fingerprint density at radius 3 is 2.67 bits per heavy atom. The molecule has 5 nitrogen and oxygen atoms in total. The SMILES string of the molecule is CC(C)CC(=O)Nc1cc(-c2ccccc2)nn1CCO. The van der Waals surface area contributed by atoms with Crippen LogP contribution < -0.4 is 5.32 Å². The third-order valence-corrected chi connectivity index (χ3v) is 3.02. The van der Waals surface area contributed by atoms with Gasteiger partial charge in [0.25, 0.3) is 0 Å². The molecule has 2 rings (SSSR count). The van der Waals surface area contributed by atoms with Crippen molar-refractivity contribution < 1.29 is 9.90 Å². The van der Waals surface area contributed by atoms with Crippen LogP contribution in [0.4, 0.5) is 5.82 Å². The molecular formula is C16H21N3O2. The summed E-state index contributed by atoms with van der Waals surface area (Å²) in [4.78, 5) is 11.9. The van der Waals surface area contributed by atoms with Crippen LogP contribution in [0.5, 0.6) is 0 Å². The van der Waals surface area contributed by atoms with Gasteiger partial charge in [-0.2, -0.15) is 5.10 Å². The molecule has 21 heavy (non-hydrogen) atoms. The second-order valence-electron chi connectivity index (χ2n) is 5.37. The highest BCUT2D eigenvalue weighted by molar-refractivity contribution is 5.90. The van der Waals surface area contributed by atoms with Crippen molar-refractivity contribution in [2.45, 2.75) is 26.8 Å². The van der Waals surface area contributed by atoms with Crippen LogP contribution in [0.3, 0.4) is 0 Å². The lowest BCUT2D eigenvalue weighted by Crippen LogP contribution is -2.17. The summed E-state index contributed by atoms with van der Waals surface area (Å²) in [7, 11) is 0. The van der Waals surface area contributed by atoms with E-state index in [1.54, 1.807) is 4.68 Å². The number of amides is 1. The summed E-state index contributed by atoms with van der Waals surface area (Å²) < 4.78 is 1.63. The third kappa shape index (κ3) is 4.16. The fourth-order valence-corrected chi connectivity index (χ4v) is 2.10. The molecule has 112 valence electrons. The number of benzene rings is 1. The molecule has 5 heteroatoms. The summed E-state index contributed by atoms with van der Waals surface area (Å²) in [6, 6.07) is 11.6. The highest BCUT2D eigenvalue weighted by atomic mass is 16.3. The zero-order valence-electron chi connectivity index (χ0n) is 12.4. The smallest absolute Gasteiger partial charge is 0.225 e. The summed E-state index contributed by atoms with van der Waals surface area (Å²) in [5.74, 6) is 0.880. The van der Waals surface area contributed by atoms with E-state index in [-0.39, 0.29) is 12.5 Å². The van der Waals surface area contributed by atoms with Crippen molar-refractivity contribution >= 4 is 11.7 Å². The molecule has 1 heterocycles. The van der Waals surface area contributed by atoms with Crippen molar-refractivity contribution in [2.75, 3.05) is 11.9 Å². The van der Waals surface area contributed by atoms with Crippen molar-refractivity contribution in [3.63, 3.8) is 0 Å². The van der Waals surface area contributed by atoms with Gasteiger partial charge in [0.1, 0.15) is 5.82 Å². The number of anilines is 1. The molecule has 0 radical (unpaired) electrons. The van der Waals surface area contributed by atoms with E-state index in [0.29, 0.717) is 24.7 Å². The zero-order valence-corrected chi connectivity index (χ0v) is 12.4. The van der Waals surface area contributed by atoms with E-state index in [0.717, 1.165) is 11.3 Å². The van der Waals surface area contributed by atoms with Gasteiger partial charge in [-0.1, -0.05) is 44.2 Å².